The highest BCUT2D eigenvalue weighted by atomic mass is 35.5. The zero-order chi connectivity index (χ0) is 16.0. The molecule has 1 aromatic rings. The lowest BCUT2D eigenvalue weighted by atomic mass is 10.1. The van der Waals surface area contributed by atoms with Gasteiger partial charge in [-0.3, -0.25) is 25.2 Å². The number of benzene rings is 1. The van der Waals surface area contributed by atoms with Gasteiger partial charge < -0.3 is 4.90 Å². The molecule has 0 saturated carbocycles. The molecule has 1 rings (SSSR count). The van der Waals surface area contributed by atoms with Crippen molar-refractivity contribution in [1.82, 2.24) is 15.8 Å². The van der Waals surface area contributed by atoms with E-state index in [1.807, 2.05) is 6.92 Å². The average molecular weight is 312 g/mol. The Labute approximate surface area is 128 Å². The molecular weight excluding hydrogens is 294 g/mol. The van der Waals surface area contributed by atoms with Crippen LogP contribution in [0.15, 0.2) is 18.2 Å². The van der Waals surface area contributed by atoms with Gasteiger partial charge in [-0.05, 0) is 38.5 Å². The fourth-order valence-electron chi connectivity index (χ4n) is 1.63. The maximum Gasteiger partial charge on any atom is 0.327 e. The summed E-state index contributed by atoms with van der Waals surface area (Å²) < 4.78 is 0. The number of nitrogens with zero attached hydrogens (tertiary/aromatic N) is 1. The van der Waals surface area contributed by atoms with Gasteiger partial charge in [0.15, 0.2) is 0 Å². The van der Waals surface area contributed by atoms with Crippen LogP contribution in [0.4, 0.5) is 0 Å². The standard InChI is InChI=1S/C14H18ClN3O3/c1-4-18(5-2)14(21)13(20)17-16-12(19)10-7-6-9(3)11(15)8-10/h6-8H,4-5H2,1-3H3,(H,16,19)(H,17,20). The molecule has 7 heteroatoms. The molecule has 1 aromatic carbocycles. The Kier molecular flexibility index (Phi) is 6.17. The predicted molar refractivity (Wildman–Crippen MR) is 79.7 cm³/mol. The molecule has 0 spiro atoms. The second-order valence-corrected chi connectivity index (χ2v) is 4.76. The van der Waals surface area contributed by atoms with E-state index < -0.39 is 17.7 Å². The lowest BCUT2D eigenvalue weighted by Crippen LogP contribution is -2.49. The van der Waals surface area contributed by atoms with Crippen LogP contribution >= 0.6 is 11.6 Å². The molecule has 0 aromatic heterocycles. The number of hydrogen-bond donors (Lipinski definition) is 2. The van der Waals surface area contributed by atoms with Crippen LogP contribution in [0.3, 0.4) is 0 Å². The predicted octanol–water partition coefficient (Wildman–Crippen LogP) is 1.28. The molecule has 0 atom stereocenters. The Balaban J connectivity index is 2.62. The molecule has 0 aliphatic carbocycles. The van der Waals surface area contributed by atoms with E-state index in [1.165, 1.54) is 11.0 Å². The number of likely N-dealkylation sites (N-methyl/N-ethyl adjacent to an activating group) is 1. The molecule has 0 radical (unpaired) electrons. The van der Waals surface area contributed by atoms with Crippen LogP contribution in [0.1, 0.15) is 29.8 Å². The quantitative estimate of drug-likeness (QED) is 0.652. The van der Waals surface area contributed by atoms with Crippen molar-refractivity contribution < 1.29 is 14.4 Å². The highest BCUT2D eigenvalue weighted by Gasteiger charge is 2.19. The van der Waals surface area contributed by atoms with Crippen molar-refractivity contribution in [2.75, 3.05) is 13.1 Å². The zero-order valence-electron chi connectivity index (χ0n) is 12.2. The fraction of sp³-hybridized carbons (Fsp3) is 0.357. The summed E-state index contributed by atoms with van der Waals surface area (Å²) in [6, 6.07) is 4.76. The summed E-state index contributed by atoms with van der Waals surface area (Å²) in [5.41, 5.74) is 5.41. The maximum absolute atomic E-state index is 11.8. The summed E-state index contributed by atoms with van der Waals surface area (Å²) in [7, 11) is 0. The number of halogens is 1. The summed E-state index contributed by atoms with van der Waals surface area (Å²) in [6.45, 7) is 6.19. The monoisotopic (exact) mass is 311 g/mol. The van der Waals surface area contributed by atoms with E-state index in [0.717, 1.165) is 5.56 Å². The van der Waals surface area contributed by atoms with E-state index in [9.17, 15) is 14.4 Å². The third kappa shape index (κ3) is 4.46. The molecule has 21 heavy (non-hydrogen) atoms. The fourth-order valence-corrected chi connectivity index (χ4v) is 1.81. The highest BCUT2D eigenvalue weighted by Crippen LogP contribution is 2.16. The van der Waals surface area contributed by atoms with Crippen LogP contribution < -0.4 is 10.9 Å². The Morgan fingerprint density at radius 1 is 1.14 bits per heavy atom. The summed E-state index contributed by atoms with van der Waals surface area (Å²) in [5.74, 6) is -2.12. The lowest BCUT2D eigenvalue weighted by molar-refractivity contribution is -0.146. The third-order valence-electron chi connectivity index (χ3n) is 2.97. The van der Waals surface area contributed by atoms with Crippen molar-refractivity contribution in [3.8, 4) is 0 Å². The van der Waals surface area contributed by atoms with Crippen LogP contribution in [0, 0.1) is 6.92 Å². The minimum Gasteiger partial charge on any atom is -0.335 e. The smallest absolute Gasteiger partial charge is 0.327 e. The molecule has 114 valence electrons. The Hall–Kier alpha value is -2.08. The topological polar surface area (TPSA) is 78.5 Å². The molecule has 6 nitrogen and oxygen atoms in total. The summed E-state index contributed by atoms with van der Waals surface area (Å²) >= 11 is 5.92. The average Bonchev–Trinajstić information content (AvgIpc) is 2.48. The maximum atomic E-state index is 11.8. The number of carbonyl (C=O) groups excluding carboxylic acids is 3. The molecule has 0 bridgehead atoms. The van der Waals surface area contributed by atoms with Gasteiger partial charge in [-0.25, -0.2) is 0 Å². The van der Waals surface area contributed by atoms with Gasteiger partial charge in [0.25, 0.3) is 5.91 Å². The third-order valence-corrected chi connectivity index (χ3v) is 3.38. The number of hydrazine groups is 1. The van der Waals surface area contributed by atoms with Crippen molar-refractivity contribution >= 4 is 29.3 Å². The Morgan fingerprint density at radius 2 is 1.76 bits per heavy atom. The van der Waals surface area contributed by atoms with Gasteiger partial charge in [-0.2, -0.15) is 0 Å². The largest absolute Gasteiger partial charge is 0.335 e. The lowest BCUT2D eigenvalue weighted by Gasteiger charge is -2.17. The molecular formula is C14H18ClN3O3. The van der Waals surface area contributed by atoms with E-state index in [2.05, 4.69) is 10.9 Å². The van der Waals surface area contributed by atoms with Crippen LogP contribution in [0.5, 0.6) is 0 Å². The molecule has 0 aliphatic rings. The van der Waals surface area contributed by atoms with Crippen LogP contribution in [0.2, 0.25) is 5.02 Å². The summed E-state index contributed by atoms with van der Waals surface area (Å²) in [4.78, 5) is 36.5. The minimum atomic E-state index is -0.884. The van der Waals surface area contributed by atoms with E-state index in [4.69, 9.17) is 11.6 Å². The second-order valence-electron chi connectivity index (χ2n) is 4.35. The Morgan fingerprint density at radius 3 is 2.29 bits per heavy atom. The molecule has 0 fully saturated rings. The summed E-state index contributed by atoms with van der Waals surface area (Å²) in [6.07, 6.45) is 0. The first kappa shape index (κ1) is 17.0. The number of hydrogen-bond acceptors (Lipinski definition) is 3. The minimum absolute atomic E-state index is 0.293. The van der Waals surface area contributed by atoms with Gasteiger partial charge in [0.05, 0.1) is 0 Å². The zero-order valence-corrected chi connectivity index (χ0v) is 13.0. The van der Waals surface area contributed by atoms with E-state index in [-0.39, 0.29) is 0 Å². The van der Waals surface area contributed by atoms with E-state index >= 15 is 0 Å². The summed E-state index contributed by atoms with van der Waals surface area (Å²) in [5, 5.41) is 0.452. The molecule has 0 heterocycles. The molecule has 0 saturated heterocycles. The van der Waals surface area contributed by atoms with Gasteiger partial charge in [0.1, 0.15) is 0 Å². The van der Waals surface area contributed by atoms with Gasteiger partial charge >= 0.3 is 11.8 Å². The molecule has 2 N–H and O–H groups in total. The SMILES string of the molecule is CCN(CC)C(=O)C(=O)NNC(=O)c1ccc(C)c(Cl)c1. The Bertz CT molecular complexity index is 556. The highest BCUT2D eigenvalue weighted by molar-refractivity contribution is 6.35. The molecule has 0 unspecified atom stereocenters. The van der Waals surface area contributed by atoms with Crippen LogP contribution in [0.25, 0.3) is 0 Å². The number of nitrogens with one attached hydrogen (secondary N) is 2. The van der Waals surface area contributed by atoms with Crippen molar-refractivity contribution in [1.29, 1.82) is 0 Å². The van der Waals surface area contributed by atoms with Crippen LogP contribution in [-0.4, -0.2) is 35.7 Å². The number of carbonyl (C=O) groups is 3. The second kappa shape index (κ2) is 7.64. The first-order chi connectivity index (χ1) is 9.90. The number of aryl methyl sites for hydroxylation is 1. The number of amides is 3. The van der Waals surface area contributed by atoms with Crippen molar-refractivity contribution in [2.24, 2.45) is 0 Å². The van der Waals surface area contributed by atoms with Crippen molar-refractivity contribution in [3.05, 3.63) is 34.3 Å². The first-order valence-electron chi connectivity index (χ1n) is 6.56. The van der Waals surface area contributed by atoms with Crippen molar-refractivity contribution in [2.45, 2.75) is 20.8 Å². The normalized spacial score (nSPS) is 9.90. The van der Waals surface area contributed by atoms with Gasteiger partial charge in [-0.1, -0.05) is 17.7 Å². The van der Waals surface area contributed by atoms with Gasteiger partial charge in [0, 0.05) is 23.7 Å². The van der Waals surface area contributed by atoms with E-state index in [0.29, 0.717) is 23.7 Å². The van der Waals surface area contributed by atoms with Gasteiger partial charge in [-0.15, -0.1) is 0 Å². The molecule has 3 amide bonds. The van der Waals surface area contributed by atoms with Crippen molar-refractivity contribution in [3.63, 3.8) is 0 Å². The van der Waals surface area contributed by atoms with Gasteiger partial charge in [0.2, 0.25) is 0 Å². The van der Waals surface area contributed by atoms with Crippen LogP contribution in [-0.2, 0) is 9.59 Å². The first-order valence-corrected chi connectivity index (χ1v) is 6.94. The molecule has 0 aliphatic heterocycles. The number of rotatable bonds is 3. The van der Waals surface area contributed by atoms with E-state index in [1.54, 1.807) is 26.0 Å².